The zero-order chi connectivity index (χ0) is 21.1. The van der Waals surface area contributed by atoms with Gasteiger partial charge in [-0.25, -0.2) is 4.79 Å². The van der Waals surface area contributed by atoms with Crippen LogP contribution < -0.4 is 0 Å². The van der Waals surface area contributed by atoms with E-state index < -0.39 is 23.1 Å². The number of aryl methyl sites for hydroxylation is 1. The largest absolute Gasteiger partial charge is 0.465 e. The fourth-order valence-electron chi connectivity index (χ4n) is 6.40. The van der Waals surface area contributed by atoms with E-state index in [1.165, 1.54) is 7.11 Å². The maximum atomic E-state index is 13.1. The highest BCUT2D eigenvalue weighted by atomic mass is 16.5. The Morgan fingerprint density at radius 3 is 2.31 bits per heavy atom. The van der Waals surface area contributed by atoms with E-state index in [0.29, 0.717) is 35.1 Å². The summed E-state index contributed by atoms with van der Waals surface area (Å²) in [6.07, 6.45) is 3.53. The van der Waals surface area contributed by atoms with E-state index in [9.17, 15) is 19.5 Å². The molecule has 0 aromatic carbocycles. The Labute approximate surface area is 170 Å². The third-order valence-electron chi connectivity index (χ3n) is 7.19. The summed E-state index contributed by atoms with van der Waals surface area (Å²) in [6.45, 7) is 4.93. The molecule has 158 valence electrons. The highest BCUT2D eigenvalue weighted by Gasteiger charge is 2.61. The van der Waals surface area contributed by atoms with Crippen molar-refractivity contribution in [3.8, 4) is 0 Å². The molecule has 0 amide bonds. The number of carbonyl (C=O) groups excluding carboxylic acids is 3. The van der Waals surface area contributed by atoms with Crippen LogP contribution in [0.2, 0.25) is 0 Å². The molecule has 7 nitrogen and oxygen atoms in total. The number of ketones is 1. The third kappa shape index (κ3) is 3.19. The van der Waals surface area contributed by atoms with Gasteiger partial charge in [-0.05, 0) is 76.7 Å². The molecule has 0 aliphatic heterocycles. The predicted octanol–water partition coefficient (Wildman–Crippen LogP) is 2.86. The first-order valence-corrected chi connectivity index (χ1v) is 10.3. The van der Waals surface area contributed by atoms with Crippen LogP contribution >= 0.6 is 0 Å². The molecular formula is C22H29NO6. The van der Waals surface area contributed by atoms with Gasteiger partial charge in [0.15, 0.2) is 6.10 Å². The number of nitrogens with one attached hydrogen (secondary N) is 1. The minimum absolute atomic E-state index is 0.257. The molecule has 4 aliphatic carbocycles. The van der Waals surface area contributed by atoms with Crippen molar-refractivity contribution < 1.29 is 29.0 Å². The Balaban J connectivity index is 1.51. The Kier molecular flexibility index (Phi) is 4.64. The minimum Gasteiger partial charge on any atom is -0.465 e. The van der Waals surface area contributed by atoms with Crippen molar-refractivity contribution in [3.05, 3.63) is 22.5 Å². The maximum Gasteiger partial charge on any atom is 0.339 e. The molecule has 1 aromatic heterocycles. The number of H-pyrrole nitrogens is 1. The van der Waals surface area contributed by atoms with Crippen LogP contribution in [0.25, 0.3) is 0 Å². The predicted molar refractivity (Wildman–Crippen MR) is 104 cm³/mol. The van der Waals surface area contributed by atoms with Gasteiger partial charge in [-0.2, -0.15) is 0 Å². The van der Waals surface area contributed by atoms with Crippen molar-refractivity contribution in [2.75, 3.05) is 7.11 Å². The molecule has 4 fully saturated rings. The van der Waals surface area contributed by atoms with Crippen LogP contribution in [0.15, 0.2) is 0 Å². The number of aliphatic hydroxyl groups is 1. The number of hydrogen-bond donors (Lipinski definition) is 2. The molecule has 1 aromatic rings. The second-order valence-electron chi connectivity index (χ2n) is 9.49. The fourth-order valence-corrected chi connectivity index (χ4v) is 6.40. The lowest BCUT2D eigenvalue weighted by molar-refractivity contribution is -0.198. The average Bonchev–Trinajstić information content (AvgIpc) is 2.92. The van der Waals surface area contributed by atoms with Crippen LogP contribution in [0, 0.1) is 31.1 Å². The van der Waals surface area contributed by atoms with Gasteiger partial charge >= 0.3 is 11.9 Å². The Hall–Kier alpha value is -2.15. The maximum absolute atomic E-state index is 13.1. The van der Waals surface area contributed by atoms with Crippen molar-refractivity contribution in [2.45, 2.75) is 71.0 Å². The van der Waals surface area contributed by atoms with Crippen LogP contribution in [0.5, 0.6) is 0 Å². The molecule has 3 atom stereocenters. The number of rotatable bonds is 5. The Morgan fingerprint density at radius 1 is 1.14 bits per heavy atom. The van der Waals surface area contributed by atoms with E-state index in [0.717, 1.165) is 32.1 Å². The number of ether oxygens (including phenoxy) is 2. The minimum atomic E-state index is -0.979. The molecule has 4 saturated carbocycles. The third-order valence-corrected chi connectivity index (χ3v) is 7.19. The first kappa shape index (κ1) is 20.1. The molecule has 1 heterocycles. The molecule has 29 heavy (non-hydrogen) atoms. The monoisotopic (exact) mass is 403 g/mol. The van der Waals surface area contributed by atoms with Crippen molar-refractivity contribution in [1.29, 1.82) is 0 Å². The van der Waals surface area contributed by atoms with Gasteiger partial charge in [-0.1, -0.05) is 0 Å². The van der Waals surface area contributed by atoms with E-state index in [1.807, 2.05) is 0 Å². The van der Waals surface area contributed by atoms with E-state index in [4.69, 9.17) is 9.47 Å². The summed E-state index contributed by atoms with van der Waals surface area (Å²) in [5, 5.41) is 10.9. The molecule has 4 bridgehead atoms. The number of aromatic amines is 1. The first-order valence-electron chi connectivity index (χ1n) is 10.3. The van der Waals surface area contributed by atoms with Crippen molar-refractivity contribution in [1.82, 2.24) is 4.98 Å². The fraction of sp³-hybridized carbons (Fsp3) is 0.682. The number of esters is 2. The summed E-state index contributed by atoms with van der Waals surface area (Å²) in [6, 6.07) is 0. The molecule has 2 N–H and O–H groups in total. The van der Waals surface area contributed by atoms with E-state index >= 15 is 0 Å². The van der Waals surface area contributed by atoms with Gasteiger partial charge in [0.1, 0.15) is 0 Å². The van der Waals surface area contributed by atoms with Gasteiger partial charge in [-0.3, -0.25) is 9.59 Å². The molecule has 0 radical (unpaired) electrons. The summed E-state index contributed by atoms with van der Waals surface area (Å²) in [5.74, 6) is -0.550. The number of hydrogen-bond acceptors (Lipinski definition) is 6. The second-order valence-corrected chi connectivity index (χ2v) is 9.49. The zero-order valence-corrected chi connectivity index (χ0v) is 17.5. The summed E-state index contributed by atoms with van der Waals surface area (Å²) in [7, 11) is 1.29. The zero-order valence-electron chi connectivity index (χ0n) is 17.5. The van der Waals surface area contributed by atoms with Crippen LogP contribution in [0.4, 0.5) is 0 Å². The SMILES string of the molecule is COC(=O)c1c(C)[nH]c(C(=O)C(C)OC(=O)C23CC4CC(CC(O)(C4)C2)C3)c1C. The Bertz CT molecular complexity index is 870. The normalized spacial score (nSPS) is 33.4. The molecular weight excluding hydrogens is 374 g/mol. The summed E-state index contributed by atoms with van der Waals surface area (Å²) in [5.41, 5.74) is 0.181. The lowest BCUT2D eigenvalue weighted by Crippen LogP contribution is -2.58. The number of aromatic nitrogens is 1. The summed E-state index contributed by atoms with van der Waals surface area (Å²) < 4.78 is 10.4. The van der Waals surface area contributed by atoms with Crippen LogP contribution in [-0.4, -0.2) is 46.6 Å². The number of methoxy groups -OCH3 is 1. The average molecular weight is 403 g/mol. The molecule has 3 unspecified atom stereocenters. The van der Waals surface area contributed by atoms with Crippen LogP contribution in [0.3, 0.4) is 0 Å². The highest BCUT2D eigenvalue weighted by molar-refractivity contribution is 6.04. The highest BCUT2D eigenvalue weighted by Crippen LogP contribution is 2.62. The summed E-state index contributed by atoms with van der Waals surface area (Å²) >= 11 is 0. The molecule has 5 rings (SSSR count). The van der Waals surface area contributed by atoms with Crippen LogP contribution in [-0.2, 0) is 14.3 Å². The Morgan fingerprint density at radius 2 is 1.76 bits per heavy atom. The quantitative estimate of drug-likeness (QED) is 0.578. The van der Waals surface area contributed by atoms with Crippen molar-refractivity contribution >= 4 is 17.7 Å². The topological polar surface area (TPSA) is 106 Å². The van der Waals surface area contributed by atoms with Crippen molar-refractivity contribution in [3.63, 3.8) is 0 Å². The van der Waals surface area contributed by atoms with Crippen molar-refractivity contribution in [2.24, 2.45) is 17.3 Å². The molecule has 7 heteroatoms. The van der Waals surface area contributed by atoms with Gasteiger partial charge in [0.2, 0.25) is 5.78 Å². The number of carbonyl (C=O) groups is 3. The van der Waals surface area contributed by atoms with Crippen LogP contribution in [0.1, 0.15) is 77.6 Å². The molecule has 0 saturated heterocycles. The standard InChI is InChI=1S/C22H29NO6/c1-11-16(19(25)28-4)12(2)23-17(11)18(24)13(3)29-20(26)21-6-14-5-15(7-21)9-22(27,8-14)10-21/h13-15,23,27H,5-10H2,1-4H3. The van der Waals surface area contributed by atoms with Gasteiger partial charge in [-0.15, -0.1) is 0 Å². The van der Waals surface area contributed by atoms with E-state index in [2.05, 4.69) is 4.98 Å². The molecule has 0 spiro atoms. The van der Waals surface area contributed by atoms with E-state index in [-0.39, 0.29) is 17.4 Å². The first-order chi connectivity index (χ1) is 13.6. The van der Waals surface area contributed by atoms with E-state index in [1.54, 1.807) is 20.8 Å². The van der Waals surface area contributed by atoms with Gasteiger partial charge < -0.3 is 19.6 Å². The lowest BCUT2D eigenvalue weighted by atomic mass is 9.48. The van der Waals surface area contributed by atoms with Gasteiger partial charge in [0.25, 0.3) is 0 Å². The van der Waals surface area contributed by atoms with Gasteiger partial charge in [0.05, 0.1) is 29.4 Å². The second kappa shape index (κ2) is 6.69. The number of Topliss-reactive ketones (excluding diaryl/α,β-unsaturated/α-hetero) is 1. The van der Waals surface area contributed by atoms with Gasteiger partial charge in [0, 0.05) is 5.69 Å². The smallest absolute Gasteiger partial charge is 0.339 e. The summed E-state index contributed by atoms with van der Waals surface area (Å²) in [4.78, 5) is 41.0. The lowest BCUT2D eigenvalue weighted by Gasteiger charge is -2.58. The molecule has 4 aliphatic rings.